The van der Waals surface area contributed by atoms with Crippen LogP contribution in [0.15, 0.2) is 83.4 Å². The number of amides is 1. The van der Waals surface area contributed by atoms with Crippen LogP contribution in [0, 0.1) is 6.92 Å². The summed E-state index contributed by atoms with van der Waals surface area (Å²) in [4.78, 5) is 29.7. The first-order valence-electron chi connectivity index (χ1n) is 14.2. The van der Waals surface area contributed by atoms with E-state index in [4.69, 9.17) is 9.15 Å². The van der Waals surface area contributed by atoms with E-state index in [1.165, 1.54) is 0 Å². The number of carbonyl (C=O) groups excluding carboxylic acids is 1. The second-order valence-electron chi connectivity index (χ2n) is 10.4. The molecule has 44 heavy (non-hydrogen) atoms. The van der Waals surface area contributed by atoms with Crippen molar-refractivity contribution in [2.75, 3.05) is 23.5 Å². The summed E-state index contributed by atoms with van der Waals surface area (Å²) < 4.78 is 35.7. The molecular weight excluding hydrogens is 601 g/mol. The van der Waals surface area contributed by atoms with E-state index in [1.54, 1.807) is 30.1 Å². The second-order valence-corrected chi connectivity index (χ2v) is 13.9. The van der Waals surface area contributed by atoms with Gasteiger partial charge in [0.05, 0.1) is 18.6 Å². The monoisotopic (exact) mass is 636 g/mol. The van der Waals surface area contributed by atoms with Gasteiger partial charge in [0.15, 0.2) is 5.76 Å². The minimum absolute atomic E-state index is 0.225. The number of nitrogens with one attached hydrogen (secondary N) is 1. The first-order valence-corrected chi connectivity index (χ1v) is 17.4. The van der Waals surface area contributed by atoms with Crippen molar-refractivity contribution >= 4 is 33.5 Å². The lowest BCUT2D eigenvalue weighted by molar-refractivity contribution is -0.139. The number of sulfone groups is 1. The number of ether oxygens (including phenoxy) is 1. The highest BCUT2D eigenvalue weighted by atomic mass is 32.2. The first-order chi connectivity index (χ1) is 21.1. The molecule has 1 aromatic heterocycles. The van der Waals surface area contributed by atoms with E-state index in [-0.39, 0.29) is 30.4 Å². The maximum absolute atomic E-state index is 13.4. The molecule has 2 N–H and O–H groups in total. The lowest BCUT2D eigenvalue weighted by Gasteiger charge is -2.19. The SMILES string of the molecule is CCSC[C@@H](OCc1ccc(C(=O)N[C@@H](CCS(C)(=O)=O)C(=O)O)c(-c2ccccc2C)c1)c1cnc(-c2ccccc2)o1. The number of aryl methyl sites for hydroxylation is 1. The van der Waals surface area contributed by atoms with Gasteiger partial charge in [0.25, 0.3) is 5.91 Å². The van der Waals surface area contributed by atoms with Gasteiger partial charge in [0.2, 0.25) is 5.89 Å². The zero-order valence-electron chi connectivity index (χ0n) is 24.9. The molecule has 0 aliphatic heterocycles. The fourth-order valence-electron chi connectivity index (χ4n) is 4.59. The summed E-state index contributed by atoms with van der Waals surface area (Å²) in [6.45, 7) is 4.23. The highest BCUT2D eigenvalue weighted by Crippen LogP contribution is 2.31. The molecule has 0 fully saturated rings. The fourth-order valence-corrected chi connectivity index (χ4v) is 5.96. The molecule has 0 spiro atoms. The fraction of sp³-hybridized carbons (Fsp3) is 0.303. The van der Waals surface area contributed by atoms with Crippen molar-refractivity contribution in [3.05, 3.63) is 101 Å². The molecule has 0 bridgehead atoms. The van der Waals surface area contributed by atoms with Gasteiger partial charge < -0.3 is 19.6 Å². The average Bonchev–Trinajstić information content (AvgIpc) is 3.49. The Balaban J connectivity index is 1.59. The number of carboxylic acids is 1. The van der Waals surface area contributed by atoms with Crippen LogP contribution in [0.2, 0.25) is 0 Å². The molecule has 4 rings (SSSR count). The highest BCUT2D eigenvalue weighted by molar-refractivity contribution is 7.99. The number of oxazole rings is 1. The Bertz CT molecular complexity index is 1690. The molecule has 0 unspecified atom stereocenters. The number of rotatable bonds is 15. The third kappa shape index (κ3) is 9.04. The third-order valence-corrected chi connectivity index (χ3v) is 8.85. The first kappa shape index (κ1) is 33.0. The third-order valence-electron chi connectivity index (χ3n) is 6.93. The Kier molecular flexibility index (Phi) is 11.4. The van der Waals surface area contributed by atoms with Gasteiger partial charge >= 0.3 is 5.97 Å². The zero-order chi connectivity index (χ0) is 31.7. The molecule has 4 aromatic rings. The molecule has 9 nitrogen and oxygen atoms in total. The number of hydrogen-bond acceptors (Lipinski definition) is 8. The predicted molar refractivity (Wildman–Crippen MR) is 172 cm³/mol. The van der Waals surface area contributed by atoms with E-state index in [0.29, 0.717) is 23.0 Å². The van der Waals surface area contributed by atoms with Gasteiger partial charge in [-0.05, 0) is 65.6 Å². The van der Waals surface area contributed by atoms with Gasteiger partial charge in [-0.2, -0.15) is 11.8 Å². The zero-order valence-corrected chi connectivity index (χ0v) is 26.5. The number of carbonyl (C=O) groups is 2. The maximum Gasteiger partial charge on any atom is 0.326 e. The van der Waals surface area contributed by atoms with Gasteiger partial charge in [0, 0.05) is 23.1 Å². The molecule has 232 valence electrons. The van der Waals surface area contributed by atoms with Crippen molar-refractivity contribution in [1.29, 1.82) is 0 Å². The van der Waals surface area contributed by atoms with Crippen molar-refractivity contribution in [2.24, 2.45) is 0 Å². The largest absolute Gasteiger partial charge is 0.480 e. The van der Waals surface area contributed by atoms with Crippen molar-refractivity contribution in [1.82, 2.24) is 10.3 Å². The van der Waals surface area contributed by atoms with Crippen LogP contribution in [0.5, 0.6) is 0 Å². The van der Waals surface area contributed by atoms with Crippen LogP contribution in [0.1, 0.15) is 46.7 Å². The second kappa shape index (κ2) is 15.2. The molecule has 0 saturated heterocycles. The Morgan fingerprint density at radius 1 is 1.05 bits per heavy atom. The van der Waals surface area contributed by atoms with E-state index in [1.807, 2.05) is 67.6 Å². The smallest absolute Gasteiger partial charge is 0.326 e. The van der Waals surface area contributed by atoms with Crippen LogP contribution >= 0.6 is 11.8 Å². The highest BCUT2D eigenvalue weighted by Gasteiger charge is 2.25. The quantitative estimate of drug-likeness (QED) is 0.162. The minimum Gasteiger partial charge on any atom is -0.480 e. The summed E-state index contributed by atoms with van der Waals surface area (Å²) in [5, 5.41) is 12.2. The maximum atomic E-state index is 13.4. The Hall–Kier alpha value is -3.93. The Morgan fingerprint density at radius 3 is 2.45 bits per heavy atom. The number of carboxylic acid groups (broad SMARTS) is 1. The van der Waals surface area contributed by atoms with Crippen LogP contribution in [-0.4, -0.2) is 59.9 Å². The van der Waals surface area contributed by atoms with E-state index < -0.39 is 27.8 Å². The summed E-state index contributed by atoms with van der Waals surface area (Å²) in [5.74, 6) is 0.433. The predicted octanol–water partition coefficient (Wildman–Crippen LogP) is 5.95. The summed E-state index contributed by atoms with van der Waals surface area (Å²) >= 11 is 1.72. The lowest BCUT2D eigenvalue weighted by Crippen LogP contribution is -2.42. The van der Waals surface area contributed by atoms with E-state index in [2.05, 4.69) is 17.2 Å². The van der Waals surface area contributed by atoms with Crippen molar-refractivity contribution in [3.63, 3.8) is 0 Å². The van der Waals surface area contributed by atoms with Gasteiger partial charge in [-0.1, -0.05) is 55.5 Å². The van der Waals surface area contributed by atoms with Gasteiger partial charge in [-0.15, -0.1) is 0 Å². The number of aromatic nitrogens is 1. The molecular formula is C33H36N2O7S2. The molecule has 2 atom stereocenters. The number of nitrogens with zero attached hydrogens (tertiary/aromatic N) is 1. The van der Waals surface area contributed by atoms with Gasteiger partial charge in [-0.3, -0.25) is 4.79 Å². The van der Waals surface area contributed by atoms with Gasteiger partial charge in [0.1, 0.15) is 22.0 Å². The molecule has 3 aromatic carbocycles. The minimum atomic E-state index is -3.41. The Labute approximate surface area is 262 Å². The summed E-state index contributed by atoms with van der Waals surface area (Å²) in [5.41, 5.74) is 4.30. The molecule has 0 saturated carbocycles. The lowest BCUT2D eigenvalue weighted by atomic mass is 9.93. The van der Waals surface area contributed by atoms with Gasteiger partial charge in [-0.25, -0.2) is 18.2 Å². The summed E-state index contributed by atoms with van der Waals surface area (Å²) in [6.07, 6.45) is 2.12. The molecule has 0 aliphatic carbocycles. The van der Waals surface area contributed by atoms with Crippen LogP contribution in [-0.2, 0) is 26.0 Å². The summed E-state index contributed by atoms with van der Waals surface area (Å²) in [7, 11) is -3.41. The Morgan fingerprint density at radius 2 is 1.77 bits per heavy atom. The van der Waals surface area contributed by atoms with E-state index >= 15 is 0 Å². The average molecular weight is 637 g/mol. The standard InChI is InChI=1S/C33H36N2O7S2/c1-4-43-21-30(29-19-34-32(42-29)24-11-6-5-7-12-24)41-20-23-14-15-26(27(18-23)25-13-9-8-10-22(25)2)31(36)35-28(33(37)38)16-17-44(3,39)40/h5-15,18-19,28,30H,4,16-17,20-21H2,1-3H3,(H,35,36)(H,37,38)/t28-,30+/m0/s1. The van der Waals surface area contributed by atoms with Crippen molar-refractivity contribution in [3.8, 4) is 22.6 Å². The van der Waals surface area contributed by atoms with E-state index in [9.17, 15) is 23.1 Å². The number of hydrogen-bond donors (Lipinski definition) is 2. The van der Waals surface area contributed by atoms with Crippen LogP contribution in [0.25, 0.3) is 22.6 Å². The number of aliphatic carboxylic acids is 1. The van der Waals surface area contributed by atoms with Crippen LogP contribution < -0.4 is 5.32 Å². The van der Waals surface area contributed by atoms with Crippen molar-refractivity contribution in [2.45, 2.75) is 39.0 Å². The molecule has 0 aliphatic rings. The molecule has 1 heterocycles. The normalized spacial score (nSPS) is 12.9. The van der Waals surface area contributed by atoms with Crippen LogP contribution in [0.3, 0.4) is 0 Å². The topological polar surface area (TPSA) is 136 Å². The number of benzene rings is 3. The van der Waals surface area contributed by atoms with Crippen LogP contribution in [0.4, 0.5) is 0 Å². The molecule has 11 heteroatoms. The molecule has 1 amide bonds. The van der Waals surface area contributed by atoms with Crippen molar-refractivity contribution < 1.29 is 32.3 Å². The molecule has 0 radical (unpaired) electrons. The summed E-state index contributed by atoms with van der Waals surface area (Å²) in [6, 6.07) is 21.1. The van der Waals surface area contributed by atoms with E-state index in [0.717, 1.165) is 34.3 Å². The number of thioether (sulfide) groups is 1.